The first-order chi connectivity index (χ1) is 31.8. The van der Waals surface area contributed by atoms with Crippen LogP contribution in [0.2, 0.25) is 0 Å². The molecule has 1 fully saturated rings. The Kier molecular flexibility index (Phi) is 17.6. The molecule has 0 amide bonds. The van der Waals surface area contributed by atoms with Crippen molar-refractivity contribution in [2.45, 2.75) is 48.5 Å². The van der Waals surface area contributed by atoms with Crippen LogP contribution in [0.3, 0.4) is 0 Å². The maximum absolute atomic E-state index is 16.4. The topological polar surface area (TPSA) is 95.6 Å². The molecule has 0 saturated carbocycles. The summed E-state index contributed by atoms with van der Waals surface area (Å²) in [5, 5.41) is 6.78. The highest BCUT2D eigenvalue weighted by Crippen LogP contribution is 2.66. The van der Waals surface area contributed by atoms with Gasteiger partial charge in [-0.1, -0.05) is 103 Å². The number of nitrogens with zero attached hydrogens (tertiary/aromatic N) is 1. The molecule has 2 heterocycles. The lowest BCUT2D eigenvalue weighted by atomic mass is 9.79. The van der Waals surface area contributed by atoms with Crippen molar-refractivity contribution in [3.63, 3.8) is 0 Å². The monoisotopic (exact) mass is 992 g/mol. The molecule has 2 aliphatic rings. The van der Waals surface area contributed by atoms with Crippen LogP contribution in [-0.2, 0) is 42.0 Å². The van der Waals surface area contributed by atoms with Crippen molar-refractivity contribution in [2.75, 3.05) is 71.7 Å². The van der Waals surface area contributed by atoms with Crippen LogP contribution in [0.15, 0.2) is 163 Å². The highest BCUT2D eigenvalue weighted by Gasteiger charge is 2.63. The summed E-state index contributed by atoms with van der Waals surface area (Å²) in [6.07, 6.45) is 0.527. The fourth-order valence-electron chi connectivity index (χ4n) is 9.71. The van der Waals surface area contributed by atoms with Crippen LogP contribution in [-0.4, -0.2) is 86.3 Å². The van der Waals surface area contributed by atoms with Gasteiger partial charge in [0.2, 0.25) is 9.84 Å². The average Bonchev–Trinajstić information content (AvgIpc) is 3.35. The summed E-state index contributed by atoms with van der Waals surface area (Å²) in [4.78, 5) is 1.77. The standard InChI is InChI=1S/C54H62N2O7PS.BrH/c1-41-20-27-48(28-21-41)65(57,58)54(64(45-14-7-4-8-15-45,46-16-9-5-10-17-46)47-18-11-6-12-19-47)49-37-55-38-52(53(49)44-25-22-42(23-26-44)39-61-35-34-60-3)63-40-43-24-29-51-50(36-43)56(31-33-62-51)30-13-32-59-2;/h4-12,14-29,36,49,52-55H,13,30-35,37-40H2,1-3H3;1H/q+1;/p-1/t49-,52+,53+,54?;/m1./s1. The molecule has 1 unspecified atom stereocenters. The second-order valence-corrected chi connectivity index (χ2v) is 22.9. The van der Waals surface area contributed by atoms with E-state index in [0.29, 0.717) is 57.6 Å². The fourth-order valence-corrected chi connectivity index (χ4v) is 18.9. The van der Waals surface area contributed by atoms with Gasteiger partial charge < -0.3 is 50.9 Å². The number of piperidine rings is 1. The SMILES string of the molecule is COCCCN1CCOc2ccc(CO[C@H]3CNC[C@@H](C([P+](c4ccccc4)(c4ccccc4)c4ccccc4)S(=O)(=O)c4ccc(C)cc4)[C@@H]3c3ccc(COCCOC)cc3)cc21.[Br-]. The molecule has 66 heavy (non-hydrogen) atoms. The van der Waals surface area contributed by atoms with Gasteiger partial charge in [-0.25, -0.2) is 8.42 Å². The molecule has 1 N–H and O–H groups in total. The smallest absolute Gasteiger partial charge is 0.217 e. The first-order valence-corrected chi connectivity index (χ1v) is 26.1. The Morgan fingerprint density at radius 3 is 1.92 bits per heavy atom. The van der Waals surface area contributed by atoms with Crippen molar-refractivity contribution in [1.29, 1.82) is 0 Å². The zero-order valence-electron chi connectivity index (χ0n) is 38.1. The minimum atomic E-state index is -4.11. The number of ether oxygens (including phenoxy) is 5. The minimum absolute atomic E-state index is 0. The number of hydrogen-bond donors (Lipinski definition) is 1. The van der Waals surface area contributed by atoms with Crippen LogP contribution in [0.25, 0.3) is 0 Å². The van der Waals surface area contributed by atoms with Gasteiger partial charge in [0.05, 0.1) is 49.7 Å². The van der Waals surface area contributed by atoms with Gasteiger partial charge in [0.25, 0.3) is 0 Å². The van der Waals surface area contributed by atoms with Crippen molar-refractivity contribution < 1.29 is 49.1 Å². The third-order valence-electron chi connectivity index (χ3n) is 12.8. The van der Waals surface area contributed by atoms with Gasteiger partial charge in [0.1, 0.15) is 35.5 Å². The molecule has 8 rings (SSSR count). The van der Waals surface area contributed by atoms with Crippen LogP contribution in [0.5, 0.6) is 5.75 Å². The second kappa shape index (κ2) is 23.5. The summed E-state index contributed by atoms with van der Waals surface area (Å²) in [6.45, 7) is 7.79. The fraction of sp³-hybridized carbons (Fsp3) is 0.333. The largest absolute Gasteiger partial charge is 1.00 e. The lowest BCUT2D eigenvalue weighted by Crippen LogP contribution is -3.00. The maximum atomic E-state index is 16.4. The van der Waals surface area contributed by atoms with Crippen LogP contribution < -0.4 is 47.8 Å². The van der Waals surface area contributed by atoms with Gasteiger partial charge in [-0.3, -0.25) is 0 Å². The molecular formula is C54H62BrN2O7PS. The van der Waals surface area contributed by atoms with Crippen LogP contribution in [0, 0.1) is 12.8 Å². The zero-order chi connectivity index (χ0) is 45.1. The Morgan fingerprint density at radius 2 is 1.32 bits per heavy atom. The van der Waals surface area contributed by atoms with Crippen molar-refractivity contribution in [2.24, 2.45) is 5.92 Å². The summed E-state index contributed by atoms with van der Waals surface area (Å²) < 4.78 is 62.5. The Morgan fingerprint density at radius 1 is 0.712 bits per heavy atom. The summed E-state index contributed by atoms with van der Waals surface area (Å²) >= 11 is 0. The number of hydrogen-bond acceptors (Lipinski definition) is 9. The first kappa shape index (κ1) is 49.5. The predicted octanol–water partition coefficient (Wildman–Crippen LogP) is 5.08. The van der Waals surface area contributed by atoms with E-state index in [4.69, 9.17) is 23.7 Å². The molecule has 0 spiro atoms. The number of benzene rings is 6. The van der Waals surface area contributed by atoms with E-state index in [1.54, 1.807) is 26.4 Å². The molecule has 6 aromatic carbocycles. The normalized spacial score (nSPS) is 17.9. The van der Waals surface area contributed by atoms with Gasteiger partial charge >= 0.3 is 0 Å². The molecule has 0 aromatic heterocycles. The number of fused-ring (bicyclic) bond motifs is 1. The van der Waals surface area contributed by atoms with Gasteiger partial charge in [-0.15, -0.1) is 0 Å². The Hall–Kier alpha value is -4.42. The van der Waals surface area contributed by atoms with Crippen molar-refractivity contribution in [1.82, 2.24) is 5.32 Å². The molecule has 0 bridgehead atoms. The van der Waals surface area contributed by atoms with Crippen LogP contribution in [0.1, 0.15) is 34.6 Å². The lowest BCUT2D eigenvalue weighted by molar-refractivity contribution is -0.00415. The molecular weight excluding hydrogens is 932 g/mol. The summed E-state index contributed by atoms with van der Waals surface area (Å²) in [5.74, 6) is 0.0890. The Bertz CT molecular complexity index is 2420. The summed E-state index contributed by atoms with van der Waals surface area (Å²) in [7, 11) is -3.80. The molecule has 6 aromatic rings. The predicted molar refractivity (Wildman–Crippen MR) is 264 cm³/mol. The van der Waals surface area contributed by atoms with Crippen LogP contribution in [0.4, 0.5) is 5.69 Å². The van der Waals surface area contributed by atoms with E-state index in [2.05, 4.69) is 83.0 Å². The number of anilines is 1. The van der Waals surface area contributed by atoms with Gasteiger partial charge in [-0.2, -0.15) is 0 Å². The van der Waals surface area contributed by atoms with E-state index in [-0.39, 0.29) is 29.0 Å². The number of aryl methyl sites for hydroxylation is 1. The number of rotatable bonds is 20. The maximum Gasteiger partial charge on any atom is 0.217 e. The van der Waals surface area contributed by atoms with Gasteiger partial charge in [0.15, 0.2) is 4.99 Å². The number of halogens is 1. The van der Waals surface area contributed by atoms with Crippen molar-refractivity contribution >= 4 is 38.7 Å². The van der Waals surface area contributed by atoms with Crippen LogP contribution >= 0.6 is 7.26 Å². The molecule has 0 aliphatic carbocycles. The molecule has 12 heteroatoms. The van der Waals surface area contributed by atoms with Crippen molar-refractivity contribution in [3.8, 4) is 5.75 Å². The molecule has 1 saturated heterocycles. The second-order valence-electron chi connectivity index (χ2n) is 16.9. The van der Waals surface area contributed by atoms with E-state index in [0.717, 1.165) is 69.1 Å². The van der Waals surface area contributed by atoms with Crippen molar-refractivity contribution in [3.05, 3.63) is 180 Å². The molecule has 4 atom stereocenters. The lowest BCUT2D eigenvalue weighted by Gasteiger charge is -2.45. The Balaban J connectivity index is 0.00000648. The summed E-state index contributed by atoms with van der Waals surface area (Å²) in [5.41, 5.74) is 5.14. The Labute approximate surface area is 402 Å². The molecule has 0 radical (unpaired) electrons. The van der Waals surface area contributed by atoms with E-state index in [1.807, 2.05) is 79.7 Å². The molecule has 9 nitrogen and oxygen atoms in total. The van der Waals surface area contributed by atoms with E-state index >= 15 is 8.42 Å². The highest BCUT2D eigenvalue weighted by molar-refractivity contribution is 8.10. The quantitative estimate of drug-likeness (QED) is 0.0832. The van der Waals surface area contributed by atoms with Gasteiger partial charge in [0, 0.05) is 52.3 Å². The van der Waals surface area contributed by atoms with E-state index in [1.165, 1.54) is 0 Å². The molecule has 2 aliphatic heterocycles. The minimum Gasteiger partial charge on any atom is -1.00 e. The van der Waals surface area contributed by atoms with Gasteiger partial charge in [-0.05, 0) is 90.7 Å². The first-order valence-electron chi connectivity index (χ1n) is 22.7. The third kappa shape index (κ3) is 11.0. The van der Waals surface area contributed by atoms with E-state index < -0.39 is 28.0 Å². The van der Waals surface area contributed by atoms with E-state index in [9.17, 15) is 0 Å². The zero-order valence-corrected chi connectivity index (χ0v) is 41.4. The summed E-state index contributed by atoms with van der Waals surface area (Å²) in [6, 6.07) is 53.4. The number of sulfone groups is 1. The highest BCUT2D eigenvalue weighted by atomic mass is 79.9. The third-order valence-corrected chi connectivity index (χ3v) is 21.0. The number of nitrogens with one attached hydrogen (secondary N) is 1. The average molecular weight is 994 g/mol. The molecule has 348 valence electrons. The number of methoxy groups -OCH3 is 2.